The van der Waals surface area contributed by atoms with Crippen LogP contribution in [0.4, 0.5) is 0 Å². The molecule has 0 unspecified atom stereocenters. The van der Waals surface area contributed by atoms with E-state index in [0.717, 1.165) is 95.5 Å². The fraction of sp³-hybridized carbons (Fsp3) is 0.0357. The second-order valence-corrected chi connectivity index (χ2v) is 15.6. The van der Waals surface area contributed by atoms with Crippen molar-refractivity contribution in [2.24, 2.45) is 0 Å². The van der Waals surface area contributed by atoms with Gasteiger partial charge in [-0.3, -0.25) is 0 Å². The number of para-hydroxylation sites is 2. The largest absolute Gasteiger partial charge is 0.455 e. The van der Waals surface area contributed by atoms with E-state index in [4.69, 9.17) is 24.4 Å². The minimum atomic E-state index is 0.630. The molecule has 61 heavy (non-hydrogen) atoms. The van der Waals surface area contributed by atoms with Crippen LogP contribution in [0.25, 0.3) is 111 Å². The fourth-order valence-corrected chi connectivity index (χ4v) is 9.06. The molecule has 0 bridgehead atoms. The summed E-state index contributed by atoms with van der Waals surface area (Å²) in [6, 6.07) is 63.4. The molecule has 1 aliphatic carbocycles. The Bertz CT molecular complexity index is 3560. The van der Waals surface area contributed by atoms with E-state index in [9.17, 15) is 0 Å². The van der Waals surface area contributed by atoms with Gasteiger partial charge in [-0.15, -0.1) is 0 Å². The number of aromatic nitrogens is 4. The molecule has 0 saturated carbocycles. The SMILES string of the molecule is C1=C(c2nc(-c3ccccc3)nc(-c3ccc(-c4cccc5c4oc4c5ccc5c(-c6ccccc6)nc6ccccc6c54)cc3)n2)C=C(c2cccc3ccccc23)CC1. The molecule has 0 aliphatic heterocycles. The summed E-state index contributed by atoms with van der Waals surface area (Å²) in [5, 5.41) is 7.87. The average molecular weight is 781 g/mol. The summed E-state index contributed by atoms with van der Waals surface area (Å²) in [5.74, 6) is 1.95. The molecule has 0 fully saturated rings. The van der Waals surface area contributed by atoms with Gasteiger partial charge in [-0.25, -0.2) is 19.9 Å². The van der Waals surface area contributed by atoms with E-state index in [1.165, 1.54) is 21.9 Å². The third kappa shape index (κ3) is 6.01. The van der Waals surface area contributed by atoms with Crippen LogP contribution >= 0.6 is 0 Å². The van der Waals surface area contributed by atoms with Gasteiger partial charge in [-0.2, -0.15) is 0 Å². The molecule has 0 atom stereocenters. The molecule has 3 heterocycles. The van der Waals surface area contributed by atoms with Gasteiger partial charge in [0.25, 0.3) is 0 Å². The van der Waals surface area contributed by atoms with Crippen molar-refractivity contribution < 1.29 is 4.42 Å². The van der Waals surface area contributed by atoms with Gasteiger partial charge in [0.05, 0.1) is 11.2 Å². The Balaban J connectivity index is 0.964. The highest BCUT2D eigenvalue weighted by molar-refractivity contribution is 6.25. The van der Waals surface area contributed by atoms with Crippen molar-refractivity contribution in [1.29, 1.82) is 0 Å². The maximum absolute atomic E-state index is 7.00. The van der Waals surface area contributed by atoms with Gasteiger partial charge in [0.1, 0.15) is 11.2 Å². The summed E-state index contributed by atoms with van der Waals surface area (Å²) in [4.78, 5) is 20.4. The van der Waals surface area contributed by atoms with E-state index >= 15 is 0 Å². The van der Waals surface area contributed by atoms with E-state index in [0.29, 0.717) is 17.5 Å². The lowest BCUT2D eigenvalue weighted by Gasteiger charge is -2.16. The highest BCUT2D eigenvalue weighted by atomic mass is 16.3. The predicted molar refractivity (Wildman–Crippen MR) is 251 cm³/mol. The Kier molecular flexibility index (Phi) is 8.23. The highest BCUT2D eigenvalue weighted by Crippen LogP contribution is 2.43. The Morgan fingerprint density at radius 1 is 0.393 bits per heavy atom. The molecule has 0 spiro atoms. The Morgan fingerprint density at radius 2 is 0.984 bits per heavy atom. The number of hydrogen-bond acceptors (Lipinski definition) is 5. The zero-order chi connectivity index (χ0) is 40.3. The molecule has 3 aromatic heterocycles. The lowest BCUT2D eigenvalue weighted by molar-refractivity contribution is 0.674. The lowest BCUT2D eigenvalue weighted by atomic mass is 9.90. The van der Waals surface area contributed by atoms with Crippen molar-refractivity contribution in [3.63, 3.8) is 0 Å². The number of pyridine rings is 1. The Labute approximate surface area is 352 Å². The normalized spacial score (nSPS) is 13.0. The summed E-state index contributed by atoms with van der Waals surface area (Å²) in [6.45, 7) is 0. The maximum atomic E-state index is 7.00. The van der Waals surface area contributed by atoms with E-state index < -0.39 is 0 Å². The third-order valence-corrected chi connectivity index (χ3v) is 12.0. The lowest BCUT2D eigenvalue weighted by Crippen LogP contribution is -2.04. The van der Waals surface area contributed by atoms with Gasteiger partial charge in [-0.1, -0.05) is 176 Å². The molecule has 0 amide bonds. The van der Waals surface area contributed by atoms with E-state index in [2.05, 4.69) is 164 Å². The van der Waals surface area contributed by atoms with Crippen molar-refractivity contribution in [1.82, 2.24) is 19.9 Å². The molecule has 12 rings (SSSR count). The molecule has 5 heteroatoms. The molecule has 0 saturated heterocycles. The zero-order valence-electron chi connectivity index (χ0n) is 33.1. The molecule has 1 aliphatic rings. The van der Waals surface area contributed by atoms with Crippen LogP contribution in [0.15, 0.2) is 199 Å². The van der Waals surface area contributed by atoms with Crippen LogP contribution in [0.2, 0.25) is 0 Å². The highest BCUT2D eigenvalue weighted by Gasteiger charge is 2.20. The van der Waals surface area contributed by atoms with Crippen LogP contribution in [0.1, 0.15) is 24.2 Å². The van der Waals surface area contributed by atoms with Crippen molar-refractivity contribution >= 4 is 65.5 Å². The summed E-state index contributed by atoms with van der Waals surface area (Å²) >= 11 is 0. The average Bonchev–Trinajstić information content (AvgIpc) is 3.73. The third-order valence-electron chi connectivity index (χ3n) is 12.0. The smallest absolute Gasteiger partial charge is 0.164 e. The van der Waals surface area contributed by atoms with Gasteiger partial charge in [0, 0.05) is 54.8 Å². The van der Waals surface area contributed by atoms with Gasteiger partial charge in [0.15, 0.2) is 17.5 Å². The van der Waals surface area contributed by atoms with Crippen molar-refractivity contribution in [2.75, 3.05) is 0 Å². The first-order valence-corrected chi connectivity index (χ1v) is 20.8. The maximum Gasteiger partial charge on any atom is 0.164 e. The Hall–Kier alpha value is -8.02. The summed E-state index contributed by atoms with van der Waals surface area (Å²) < 4.78 is 7.00. The first-order chi connectivity index (χ1) is 30.2. The number of nitrogens with zero attached hydrogens (tertiary/aromatic N) is 4. The fourth-order valence-electron chi connectivity index (χ4n) is 9.06. The minimum Gasteiger partial charge on any atom is -0.455 e. The second kappa shape index (κ2) is 14.4. The van der Waals surface area contributed by atoms with Crippen LogP contribution in [0.3, 0.4) is 0 Å². The number of benzene rings is 8. The number of rotatable bonds is 6. The minimum absolute atomic E-state index is 0.630. The molecule has 286 valence electrons. The molecule has 0 radical (unpaired) electrons. The van der Waals surface area contributed by atoms with E-state index in [1.54, 1.807) is 0 Å². The van der Waals surface area contributed by atoms with Crippen LogP contribution < -0.4 is 0 Å². The zero-order valence-corrected chi connectivity index (χ0v) is 33.1. The molecule has 5 nitrogen and oxygen atoms in total. The van der Waals surface area contributed by atoms with Crippen molar-refractivity contribution in [2.45, 2.75) is 12.8 Å². The van der Waals surface area contributed by atoms with E-state index in [1.807, 2.05) is 30.3 Å². The van der Waals surface area contributed by atoms with Crippen molar-refractivity contribution in [3.8, 4) is 45.2 Å². The van der Waals surface area contributed by atoms with Gasteiger partial charge < -0.3 is 4.42 Å². The quantitative estimate of drug-likeness (QED) is 0.157. The number of hydrogen-bond donors (Lipinski definition) is 0. The first-order valence-electron chi connectivity index (χ1n) is 20.8. The van der Waals surface area contributed by atoms with Gasteiger partial charge in [0.2, 0.25) is 0 Å². The van der Waals surface area contributed by atoms with Crippen LogP contribution in [-0.2, 0) is 0 Å². The van der Waals surface area contributed by atoms with Crippen LogP contribution in [-0.4, -0.2) is 19.9 Å². The second-order valence-electron chi connectivity index (χ2n) is 15.6. The molecular formula is C56H36N4O. The van der Waals surface area contributed by atoms with Crippen LogP contribution in [0.5, 0.6) is 0 Å². The van der Waals surface area contributed by atoms with Gasteiger partial charge >= 0.3 is 0 Å². The molecule has 11 aromatic rings. The predicted octanol–water partition coefficient (Wildman–Crippen LogP) is 14.6. The van der Waals surface area contributed by atoms with Gasteiger partial charge in [-0.05, 0) is 58.5 Å². The number of fused-ring (bicyclic) bond motifs is 8. The number of furan rings is 1. The summed E-state index contributed by atoms with van der Waals surface area (Å²) in [5.41, 5.74) is 12.2. The molecule has 8 aromatic carbocycles. The molecule has 0 N–H and O–H groups in total. The first kappa shape index (κ1) is 35.0. The monoisotopic (exact) mass is 780 g/mol. The van der Waals surface area contributed by atoms with Crippen molar-refractivity contribution in [3.05, 3.63) is 206 Å². The number of allylic oxidation sites excluding steroid dienone is 4. The molecular weight excluding hydrogens is 745 g/mol. The topological polar surface area (TPSA) is 64.7 Å². The summed E-state index contributed by atoms with van der Waals surface area (Å²) in [6.07, 6.45) is 6.39. The summed E-state index contributed by atoms with van der Waals surface area (Å²) in [7, 11) is 0. The Morgan fingerprint density at radius 3 is 1.80 bits per heavy atom. The standard InChI is InChI=1S/C56H36N4O/c1-3-15-37(16-4-1)51-48-33-32-46-45-26-13-25-44(52(45)61-53(46)50(48)47-23-9-10-27-49(47)57-51)36-28-30-39(31-29-36)55-58-54(38-17-5-2-6-18-38)59-56(60-55)41-21-11-20-40(34-41)43-24-12-19-35-14-7-8-22-42(35)43/h1-10,12-19,21-34H,11,20H2. The van der Waals surface area contributed by atoms with Crippen LogP contribution in [0, 0.1) is 0 Å². The van der Waals surface area contributed by atoms with E-state index in [-0.39, 0.29) is 0 Å².